The molecule has 0 amide bonds. The average Bonchev–Trinajstić information content (AvgIpc) is 1.35. The van der Waals surface area contributed by atoms with E-state index in [4.69, 9.17) is 5.26 Å². The highest BCUT2D eigenvalue weighted by Gasteiger charge is 2.04. The molecule has 0 rings (SSSR count). The van der Waals surface area contributed by atoms with E-state index < -0.39 is 0 Å². The maximum absolute atomic E-state index is 8.26. The Hall–Kier alpha value is 0.141. The Morgan fingerprint density at radius 3 is 1.50 bits per heavy atom. The van der Waals surface area contributed by atoms with Crippen molar-refractivity contribution in [3.05, 3.63) is 0 Å². The van der Waals surface area contributed by atoms with Crippen molar-refractivity contribution in [1.29, 1.82) is 5.26 Å². The zero-order chi connectivity index (χ0) is 5.21. The first-order chi connectivity index (χ1) is 2.56. The summed E-state index contributed by atoms with van der Waals surface area (Å²) in [6.07, 6.45) is 0. The maximum Gasteiger partial charge on any atom is 0.0567 e. The van der Waals surface area contributed by atoms with Crippen LogP contribution in [0.4, 0.5) is 0 Å². The molecule has 34 valence electrons. The lowest BCUT2D eigenvalue weighted by Crippen LogP contribution is -2.07. The molecule has 0 N–H and O–H groups in total. The minimum atomic E-state index is 0.264. The zero-order valence-corrected chi connectivity index (χ0v) is 10.4. The summed E-state index contributed by atoms with van der Waals surface area (Å²) in [5.41, 5.74) is 0. The predicted molar refractivity (Wildman–Crippen MR) is 38.1 cm³/mol. The molecule has 0 aliphatic rings. The summed E-state index contributed by atoms with van der Waals surface area (Å²) in [6.45, 7) is 0. The summed E-state index contributed by atoms with van der Waals surface area (Å²) < 4.78 is 0.264. The average molecular weight is 131 g/mol. The quantitative estimate of drug-likeness (QED) is 0.316. The minimum absolute atomic E-state index is 0.264. The highest BCUT2D eigenvalue weighted by molar-refractivity contribution is 6.61. The van der Waals surface area contributed by atoms with Gasteiger partial charge in [-0.1, -0.05) is 0 Å². The standard InChI is InChI=1S/C2H9NSi3/c3-1-2(4,5)6/h4-6H3. The molecule has 0 atom stereocenters. The molecule has 0 aromatic heterocycles. The second-order valence-electron chi connectivity index (χ2n) is 2.36. The fraction of sp³-hybridized carbons (Fsp3) is 0.500. The van der Waals surface area contributed by atoms with Gasteiger partial charge in [-0.15, -0.1) is 0 Å². The molecule has 0 heterocycles. The van der Waals surface area contributed by atoms with Crippen LogP contribution in [0.5, 0.6) is 0 Å². The van der Waals surface area contributed by atoms with Crippen LogP contribution in [0.3, 0.4) is 0 Å². The van der Waals surface area contributed by atoms with Crippen molar-refractivity contribution in [3.8, 4) is 6.07 Å². The lowest BCUT2D eigenvalue weighted by molar-refractivity contribution is 1.37. The van der Waals surface area contributed by atoms with Crippen molar-refractivity contribution in [3.63, 3.8) is 0 Å². The van der Waals surface area contributed by atoms with Crippen LogP contribution < -0.4 is 0 Å². The topological polar surface area (TPSA) is 23.8 Å². The first-order valence-electron chi connectivity index (χ1n) is 1.97. The van der Waals surface area contributed by atoms with Crippen LogP contribution in [0, 0.1) is 11.3 Å². The van der Waals surface area contributed by atoms with Gasteiger partial charge in [0, 0.05) is 35.0 Å². The van der Waals surface area contributed by atoms with Crippen LogP contribution in [-0.4, -0.2) is 30.7 Å². The van der Waals surface area contributed by atoms with Gasteiger partial charge >= 0.3 is 0 Å². The van der Waals surface area contributed by atoms with Crippen LogP contribution in [0.25, 0.3) is 0 Å². The van der Waals surface area contributed by atoms with Crippen molar-refractivity contribution >= 4 is 30.7 Å². The molecule has 1 nitrogen and oxygen atoms in total. The highest BCUT2D eigenvalue weighted by Crippen LogP contribution is 2.01. The third-order valence-corrected chi connectivity index (χ3v) is 1.01. The number of nitriles is 1. The van der Waals surface area contributed by atoms with Crippen molar-refractivity contribution in [2.24, 2.45) is 0 Å². The van der Waals surface area contributed by atoms with Gasteiger partial charge in [-0.3, -0.25) is 0 Å². The van der Waals surface area contributed by atoms with E-state index in [1.165, 1.54) is 0 Å². The van der Waals surface area contributed by atoms with E-state index in [1.807, 2.05) is 0 Å². The Balaban J connectivity index is 3.55. The van der Waals surface area contributed by atoms with E-state index in [0.717, 1.165) is 30.7 Å². The lowest BCUT2D eigenvalue weighted by Gasteiger charge is -2.00. The van der Waals surface area contributed by atoms with Gasteiger partial charge in [-0.25, -0.2) is 0 Å². The first-order valence-corrected chi connectivity index (χ1v) is 4.97. The van der Waals surface area contributed by atoms with Crippen LogP contribution in [-0.2, 0) is 0 Å². The summed E-state index contributed by atoms with van der Waals surface area (Å²) in [5, 5.41) is 8.26. The molecule has 6 heavy (non-hydrogen) atoms. The van der Waals surface area contributed by atoms with Gasteiger partial charge in [0.2, 0.25) is 0 Å². The molecule has 0 aliphatic heterocycles. The Bertz CT molecular complexity index is 75.8. The molecule has 0 fully saturated rings. The van der Waals surface area contributed by atoms with Crippen molar-refractivity contribution in [2.45, 2.75) is 4.28 Å². The summed E-state index contributed by atoms with van der Waals surface area (Å²) in [4.78, 5) is 0. The van der Waals surface area contributed by atoms with Crippen LogP contribution >= 0.6 is 0 Å². The number of hydrogen-bond acceptors (Lipinski definition) is 1. The van der Waals surface area contributed by atoms with Crippen LogP contribution in [0.15, 0.2) is 0 Å². The molecule has 0 saturated carbocycles. The molecule has 0 spiro atoms. The SMILES string of the molecule is N#CC([SiH3])([SiH3])[SiH3]. The number of nitrogens with zero attached hydrogens (tertiary/aromatic N) is 1. The predicted octanol–water partition coefficient (Wildman–Crippen LogP) is -3.32. The third kappa shape index (κ3) is 4.14. The third-order valence-electron chi connectivity index (χ3n) is 0.335. The van der Waals surface area contributed by atoms with E-state index in [2.05, 4.69) is 6.07 Å². The van der Waals surface area contributed by atoms with Crippen molar-refractivity contribution in [2.75, 3.05) is 0 Å². The van der Waals surface area contributed by atoms with Gasteiger partial charge in [0.05, 0.1) is 6.07 Å². The van der Waals surface area contributed by atoms with E-state index >= 15 is 0 Å². The fourth-order valence-electron chi connectivity index (χ4n) is 0. The van der Waals surface area contributed by atoms with Gasteiger partial charge in [0.1, 0.15) is 0 Å². The molecular weight excluding hydrogens is 122 g/mol. The van der Waals surface area contributed by atoms with Gasteiger partial charge in [-0.05, 0) is 0 Å². The van der Waals surface area contributed by atoms with Crippen molar-refractivity contribution in [1.82, 2.24) is 0 Å². The summed E-state index contributed by atoms with van der Waals surface area (Å²) in [5.74, 6) is 0. The Morgan fingerprint density at radius 2 is 1.50 bits per heavy atom. The molecule has 0 saturated heterocycles. The number of rotatable bonds is 0. The molecule has 0 aromatic carbocycles. The monoisotopic (exact) mass is 131 g/mol. The zero-order valence-electron chi connectivity index (χ0n) is 4.45. The molecule has 0 aliphatic carbocycles. The highest BCUT2D eigenvalue weighted by atomic mass is 28.3. The Labute approximate surface area is 47.0 Å². The van der Waals surface area contributed by atoms with E-state index in [1.54, 1.807) is 0 Å². The largest absolute Gasteiger partial charge is 0.199 e. The van der Waals surface area contributed by atoms with E-state index in [0.29, 0.717) is 0 Å². The van der Waals surface area contributed by atoms with Gasteiger partial charge in [0.15, 0.2) is 0 Å². The fourth-order valence-corrected chi connectivity index (χ4v) is 0. The van der Waals surface area contributed by atoms with E-state index in [9.17, 15) is 0 Å². The minimum Gasteiger partial charge on any atom is -0.199 e. The summed E-state index contributed by atoms with van der Waals surface area (Å²) in [7, 11) is 3.27. The second-order valence-corrected chi connectivity index (χ2v) is 15.9. The normalized spacial score (nSPS) is 19.8. The van der Waals surface area contributed by atoms with Gasteiger partial charge in [0.25, 0.3) is 0 Å². The Morgan fingerprint density at radius 1 is 1.33 bits per heavy atom. The molecule has 4 heteroatoms. The van der Waals surface area contributed by atoms with Crippen LogP contribution in [0.1, 0.15) is 0 Å². The van der Waals surface area contributed by atoms with Gasteiger partial charge in [-0.2, -0.15) is 5.26 Å². The summed E-state index contributed by atoms with van der Waals surface area (Å²) in [6, 6.07) is 2.29. The van der Waals surface area contributed by atoms with E-state index in [-0.39, 0.29) is 4.28 Å². The maximum atomic E-state index is 8.26. The lowest BCUT2D eigenvalue weighted by atomic mass is 10.9. The number of hydrogen-bond donors (Lipinski definition) is 0. The van der Waals surface area contributed by atoms with Gasteiger partial charge < -0.3 is 0 Å². The molecule has 0 unspecified atom stereocenters. The molecule has 0 bridgehead atoms. The molecule has 0 aromatic rings. The Kier molecular flexibility index (Phi) is 1.77. The molecule has 0 radical (unpaired) electrons. The second kappa shape index (κ2) is 1.73. The van der Waals surface area contributed by atoms with Crippen molar-refractivity contribution < 1.29 is 0 Å². The first kappa shape index (κ1) is 6.14. The summed E-state index contributed by atoms with van der Waals surface area (Å²) >= 11 is 0. The van der Waals surface area contributed by atoms with Crippen LogP contribution in [0.2, 0.25) is 4.28 Å². The molecular formula is C2H9NSi3. The smallest absolute Gasteiger partial charge is 0.0567 e.